The molecule has 3 aliphatic rings. The minimum absolute atomic E-state index is 0.00405. The molecule has 2 N–H and O–H groups in total. The number of hydrogen-bond acceptors (Lipinski definition) is 5. The summed E-state index contributed by atoms with van der Waals surface area (Å²) in [4.78, 5) is 13.4. The minimum Gasteiger partial charge on any atom is -0.497 e. The van der Waals surface area contributed by atoms with Gasteiger partial charge in [0.1, 0.15) is 5.75 Å². The predicted octanol–water partition coefficient (Wildman–Crippen LogP) is 6.35. The number of ether oxygens (including phenoxy) is 1. The zero-order valence-electron chi connectivity index (χ0n) is 23.8. The van der Waals surface area contributed by atoms with E-state index in [1.54, 1.807) is 36.4 Å². The Morgan fingerprint density at radius 2 is 1.70 bits per heavy atom. The largest absolute Gasteiger partial charge is 0.497 e. The van der Waals surface area contributed by atoms with Crippen LogP contribution in [0.3, 0.4) is 0 Å². The van der Waals surface area contributed by atoms with Crippen molar-refractivity contribution in [3.05, 3.63) is 83.4 Å². The Morgan fingerprint density at radius 3 is 2.33 bits per heavy atom. The number of carbonyl (C=O) groups excluding carboxylic acids is 1. The number of alkyl halides is 3. The molecule has 3 aromatic rings. The molecule has 2 aliphatic carbocycles. The summed E-state index contributed by atoms with van der Waals surface area (Å²) < 4.78 is 77.1. The molecular weight excluding hydrogens is 581 g/mol. The smallest absolute Gasteiger partial charge is 0.417 e. The number of carbonyl (C=O) groups is 1. The molecule has 0 saturated heterocycles. The van der Waals surface area contributed by atoms with Crippen LogP contribution in [-0.4, -0.2) is 44.4 Å². The molecule has 7 nitrogen and oxygen atoms in total. The number of anilines is 2. The highest BCUT2D eigenvalue weighted by Crippen LogP contribution is 2.62. The summed E-state index contributed by atoms with van der Waals surface area (Å²) in [5.41, 5.74) is -1.18. The van der Waals surface area contributed by atoms with Gasteiger partial charge in [0.15, 0.2) is 5.60 Å². The second kappa shape index (κ2) is 10.3. The van der Waals surface area contributed by atoms with E-state index in [1.807, 2.05) is 25.1 Å². The maximum absolute atomic E-state index is 14.4. The third-order valence-electron chi connectivity index (χ3n) is 9.29. The number of aryl methyl sites for hydroxylation is 1. The lowest BCUT2D eigenvalue weighted by atomic mass is 9.61. The Balaban J connectivity index is 1.48. The third-order valence-corrected chi connectivity index (χ3v) is 11.1. The van der Waals surface area contributed by atoms with Gasteiger partial charge in [-0.15, -0.1) is 0 Å². The van der Waals surface area contributed by atoms with Crippen LogP contribution in [0.5, 0.6) is 5.75 Å². The van der Waals surface area contributed by atoms with Crippen molar-refractivity contribution in [3.63, 3.8) is 0 Å². The number of amides is 1. The molecule has 43 heavy (non-hydrogen) atoms. The van der Waals surface area contributed by atoms with Crippen LogP contribution in [0.1, 0.15) is 60.0 Å². The maximum atomic E-state index is 14.4. The fourth-order valence-corrected chi connectivity index (χ4v) is 8.73. The van der Waals surface area contributed by atoms with E-state index in [4.69, 9.17) is 4.74 Å². The van der Waals surface area contributed by atoms with Crippen molar-refractivity contribution >= 4 is 27.3 Å². The molecule has 2 saturated carbocycles. The van der Waals surface area contributed by atoms with Crippen LogP contribution in [0.25, 0.3) is 0 Å². The van der Waals surface area contributed by atoms with Crippen molar-refractivity contribution in [2.75, 3.05) is 16.7 Å². The number of nitrogens with one attached hydrogen (secondary N) is 1. The maximum Gasteiger partial charge on any atom is 0.417 e. The van der Waals surface area contributed by atoms with Crippen molar-refractivity contribution in [1.82, 2.24) is 0 Å². The molecule has 0 bridgehead atoms. The SMILES string of the molecule is COc1cccc(S(=O)(=O)N2c3ccc(C(=O)Nc4cccc(C)c4)cc3C3(CCC(O)(C(F)(F)F)CC3)C2C2CC2)c1. The van der Waals surface area contributed by atoms with Gasteiger partial charge in [0.05, 0.1) is 23.7 Å². The zero-order chi connectivity index (χ0) is 30.8. The third kappa shape index (κ3) is 4.96. The fraction of sp³-hybridized carbons (Fsp3) is 0.406. The number of rotatable bonds is 6. The first-order valence-corrected chi connectivity index (χ1v) is 15.7. The Kier molecular flexibility index (Phi) is 7.04. The molecule has 1 spiro atoms. The Morgan fingerprint density at radius 1 is 1.00 bits per heavy atom. The Hall–Kier alpha value is -3.57. The van der Waals surface area contributed by atoms with Crippen molar-refractivity contribution in [3.8, 4) is 5.75 Å². The van der Waals surface area contributed by atoms with Gasteiger partial charge in [0, 0.05) is 22.7 Å². The standard InChI is InChI=1S/C32H33F3N2O5S/c1-20-5-3-6-23(17-20)36-29(38)22-11-12-27-26(18-22)30(13-15-31(39,16-14-30)32(33,34)35)28(21-9-10-21)37(27)43(40,41)25-8-4-7-24(19-25)42-2/h3-8,11-12,17-19,21,28,39H,9-10,13-16H2,1-2H3,(H,36,38). The van der Waals surface area contributed by atoms with Crippen LogP contribution in [0.2, 0.25) is 0 Å². The lowest BCUT2D eigenvalue weighted by Gasteiger charge is -2.47. The van der Waals surface area contributed by atoms with Crippen LogP contribution in [0, 0.1) is 12.8 Å². The van der Waals surface area contributed by atoms with Gasteiger partial charge in [-0.05, 0) is 105 Å². The average Bonchev–Trinajstić information content (AvgIpc) is 3.77. The first kappa shape index (κ1) is 29.5. The van der Waals surface area contributed by atoms with Crippen molar-refractivity contribution < 1.29 is 36.2 Å². The van der Waals surface area contributed by atoms with Gasteiger partial charge >= 0.3 is 6.18 Å². The number of nitrogens with zero attached hydrogens (tertiary/aromatic N) is 1. The van der Waals surface area contributed by atoms with Crippen molar-refractivity contribution in [2.45, 2.75) is 73.6 Å². The van der Waals surface area contributed by atoms with Gasteiger partial charge in [0.25, 0.3) is 15.9 Å². The van der Waals surface area contributed by atoms with Gasteiger partial charge in [-0.2, -0.15) is 13.2 Å². The highest BCUT2D eigenvalue weighted by atomic mass is 32.2. The van der Waals surface area contributed by atoms with E-state index >= 15 is 0 Å². The van der Waals surface area contributed by atoms with E-state index in [0.29, 0.717) is 22.7 Å². The normalized spacial score (nSPS) is 25.4. The van der Waals surface area contributed by atoms with Gasteiger partial charge < -0.3 is 15.2 Å². The number of fused-ring (bicyclic) bond motifs is 2. The molecule has 0 aromatic heterocycles. The Bertz CT molecular complexity index is 1680. The molecule has 6 rings (SSSR count). The van der Waals surface area contributed by atoms with Gasteiger partial charge in [-0.3, -0.25) is 9.10 Å². The van der Waals surface area contributed by atoms with Crippen LogP contribution in [-0.2, 0) is 15.4 Å². The van der Waals surface area contributed by atoms with Gasteiger partial charge in [0.2, 0.25) is 0 Å². The molecule has 0 radical (unpaired) electrons. The van der Waals surface area contributed by atoms with Crippen LogP contribution >= 0.6 is 0 Å². The van der Waals surface area contributed by atoms with E-state index in [-0.39, 0.29) is 29.2 Å². The van der Waals surface area contributed by atoms with Crippen LogP contribution < -0.4 is 14.4 Å². The number of hydrogen-bond donors (Lipinski definition) is 2. The number of halogens is 3. The second-order valence-corrected chi connectivity index (χ2v) is 13.8. The highest BCUT2D eigenvalue weighted by Gasteiger charge is 2.65. The number of aliphatic hydroxyl groups is 1. The molecule has 1 amide bonds. The molecule has 228 valence electrons. The molecule has 1 aliphatic heterocycles. The summed E-state index contributed by atoms with van der Waals surface area (Å²) in [6.45, 7) is 1.90. The lowest BCUT2D eigenvalue weighted by molar-refractivity contribution is -0.273. The molecule has 1 atom stereocenters. The second-order valence-electron chi connectivity index (χ2n) is 12.0. The molecule has 11 heteroatoms. The molecule has 1 heterocycles. The number of sulfonamides is 1. The summed E-state index contributed by atoms with van der Waals surface area (Å²) in [6.07, 6.45) is -4.64. The predicted molar refractivity (Wildman–Crippen MR) is 156 cm³/mol. The van der Waals surface area contributed by atoms with E-state index in [0.717, 1.165) is 18.4 Å². The van der Waals surface area contributed by atoms with E-state index in [2.05, 4.69) is 5.32 Å². The van der Waals surface area contributed by atoms with E-state index < -0.39 is 52.0 Å². The number of benzene rings is 3. The summed E-state index contributed by atoms with van der Waals surface area (Å²) in [6, 6.07) is 17.5. The highest BCUT2D eigenvalue weighted by molar-refractivity contribution is 7.93. The summed E-state index contributed by atoms with van der Waals surface area (Å²) in [5.74, 6) is -0.132. The summed E-state index contributed by atoms with van der Waals surface area (Å²) >= 11 is 0. The van der Waals surface area contributed by atoms with Crippen LogP contribution in [0.4, 0.5) is 24.5 Å². The summed E-state index contributed by atoms with van der Waals surface area (Å²) in [5, 5.41) is 13.5. The van der Waals surface area contributed by atoms with Gasteiger partial charge in [-0.25, -0.2) is 8.42 Å². The average molecular weight is 615 g/mol. The molecule has 2 fully saturated rings. The molecular formula is C32H33F3N2O5S. The zero-order valence-corrected chi connectivity index (χ0v) is 24.6. The van der Waals surface area contributed by atoms with Gasteiger partial charge in [-0.1, -0.05) is 18.2 Å². The first-order valence-electron chi connectivity index (χ1n) is 14.3. The molecule has 3 aromatic carbocycles. The first-order chi connectivity index (χ1) is 20.3. The quantitative estimate of drug-likeness (QED) is 0.338. The van der Waals surface area contributed by atoms with Crippen molar-refractivity contribution in [2.24, 2.45) is 5.92 Å². The Labute approximate surface area is 248 Å². The lowest BCUT2D eigenvalue weighted by Crippen LogP contribution is -2.56. The van der Waals surface area contributed by atoms with E-state index in [9.17, 15) is 31.5 Å². The summed E-state index contributed by atoms with van der Waals surface area (Å²) in [7, 11) is -2.75. The number of methoxy groups -OCH3 is 1. The monoisotopic (exact) mass is 614 g/mol. The van der Waals surface area contributed by atoms with Crippen LogP contribution in [0.15, 0.2) is 71.6 Å². The van der Waals surface area contributed by atoms with Crippen molar-refractivity contribution in [1.29, 1.82) is 0 Å². The minimum atomic E-state index is -4.81. The topological polar surface area (TPSA) is 95.9 Å². The fourth-order valence-electron chi connectivity index (χ4n) is 6.90. The molecule has 1 unspecified atom stereocenters. The van der Waals surface area contributed by atoms with E-state index in [1.165, 1.54) is 23.5 Å².